The molecule has 0 saturated carbocycles. The average molecular weight is 454 g/mol. The first-order valence-corrected chi connectivity index (χ1v) is 11.7. The van der Waals surface area contributed by atoms with Gasteiger partial charge in [0, 0.05) is 24.8 Å². The number of thiophene rings is 1. The third kappa shape index (κ3) is 4.57. The van der Waals surface area contributed by atoms with Gasteiger partial charge in [0.25, 0.3) is 5.56 Å². The maximum absolute atomic E-state index is 12.4. The van der Waals surface area contributed by atoms with Crippen molar-refractivity contribution in [3.63, 3.8) is 0 Å². The number of aromatic nitrogens is 4. The maximum atomic E-state index is 12.4. The molecule has 0 spiro atoms. The first-order chi connectivity index (χ1) is 14.9. The average Bonchev–Trinajstić information content (AvgIpc) is 3.33. The summed E-state index contributed by atoms with van der Waals surface area (Å²) in [5.41, 5.74) is 4.07. The van der Waals surface area contributed by atoms with Crippen LogP contribution in [0.1, 0.15) is 22.5 Å². The summed E-state index contributed by atoms with van der Waals surface area (Å²) in [4.78, 5) is 30.0. The smallest absolute Gasteiger partial charge is 0.262 e. The van der Waals surface area contributed by atoms with Crippen molar-refractivity contribution >= 4 is 39.2 Å². The Kier molecular flexibility index (Phi) is 6.24. The summed E-state index contributed by atoms with van der Waals surface area (Å²) in [6.45, 7) is 5.10. The number of amides is 1. The SMILES string of the molecule is Cc1nn(Cc2ccccc2)c(C)c1CNC(=O)CSc1nc2sccc2c(=O)n1C. The fraction of sp³-hybridized carbons (Fsp3) is 0.273. The fourth-order valence-electron chi connectivity index (χ4n) is 3.38. The number of fused-ring (bicyclic) bond motifs is 1. The topological polar surface area (TPSA) is 81.8 Å². The van der Waals surface area contributed by atoms with E-state index in [1.807, 2.05) is 42.1 Å². The monoisotopic (exact) mass is 453 g/mol. The van der Waals surface area contributed by atoms with Crippen LogP contribution in [0.2, 0.25) is 0 Å². The van der Waals surface area contributed by atoms with Crippen molar-refractivity contribution in [2.45, 2.75) is 32.1 Å². The second-order valence-corrected chi connectivity index (χ2v) is 9.09. The van der Waals surface area contributed by atoms with Gasteiger partial charge in [0.05, 0.1) is 23.4 Å². The number of rotatable bonds is 7. The first kappa shape index (κ1) is 21.3. The molecule has 1 amide bonds. The predicted octanol–water partition coefficient (Wildman–Crippen LogP) is 3.27. The molecule has 0 aliphatic heterocycles. The van der Waals surface area contributed by atoms with Crippen LogP contribution >= 0.6 is 23.1 Å². The van der Waals surface area contributed by atoms with Gasteiger partial charge in [-0.05, 0) is 30.9 Å². The summed E-state index contributed by atoms with van der Waals surface area (Å²) in [5.74, 6) is 0.0769. The molecule has 0 bridgehead atoms. The Labute approximate surface area is 188 Å². The van der Waals surface area contributed by atoms with E-state index in [0.717, 1.165) is 17.0 Å². The zero-order valence-corrected chi connectivity index (χ0v) is 19.2. The number of benzene rings is 1. The predicted molar refractivity (Wildman–Crippen MR) is 125 cm³/mol. The zero-order valence-electron chi connectivity index (χ0n) is 17.6. The lowest BCUT2D eigenvalue weighted by atomic mass is 10.2. The van der Waals surface area contributed by atoms with Gasteiger partial charge >= 0.3 is 0 Å². The van der Waals surface area contributed by atoms with Gasteiger partial charge in [0.15, 0.2) is 5.16 Å². The van der Waals surface area contributed by atoms with Gasteiger partial charge in [-0.3, -0.25) is 18.8 Å². The third-order valence-corrected chi connectivity index (χ3v) is 7.00. The summed E-state index contributed by atoms with van der Waals surface area (Å²) in [6.07, 6.45) is 0. The minimum absolute atomic E-state index is 0.0914. The number of carbonyl (C=O) groups is 1. The van der Waals surface area contributed by atoms with Gasteiger partial charge in [-0.2, -0.15) is 5.10 Å². The van der Waals surface area contributed by atoms with Crippen LogP contribution in [0.15, 0.2) is 51.7 Å². The minimum Gasteiger partial charge on any atom is -0.351 e. The number of nitrogens with one attached hydrogen (secondary N) is 1. The van der Waals surface area contributed by atoms with E-state index in [4.69, 9.17) is 0 Å². The van der Waals surface area contributed by atoms with Crippen LogP contribution in [0.4, 0.5) is 0 Å². The lowest BCUT2D eigenvalue weighted by Gasteiger charge is -2.09. The molecule has 0 fully saturated rings. The van der Waals surface area contributed by atoms with E-state index in [1.54, 1.807) is 13.1 Å². The highest BCUT2D eigenvalue weighted by Crippen LogP contribution is 2.20. The molecule has 0 unspecified atom stereocenters. The molecular weight excluding hydrogens is 430 g/mol. The van der Waals surface area contributed by atoms with Crippen molar-refractivity contribution in [1.29, 1.82) is 0 Å². The van der Waals surface area contributed by atoms with Crippen molar-refractivity contribution in [2.75, 3.05) is 5.75 Å². The molecule has 0 radical (unpaired) electrons. The molecule has 160 valence electrons. The van der Waals surface area contributed by atoms with Crippen LogP contribution in [0.3, 0.4) is 0 Å². The number of carbonyl (C=O) groups excluding carboxylic acids is 1. The summed E-state index contributed by atoms with van der Waals surface area (Å²) in [6, 6.07) is 11.9. The summed E-state index contributed by atoms with van der Waals surface area (Å²) >= 11 is 2.69. The van der Waals surface area contributed by atoms with Gasteiger partial charge in [0.2, 0.25) is 5.91 Å². The molecule has 0 atom stereocenters. The van der Waals surface area contributed by atoms with Crippen LogP contribution in [-0.4, -0.2) is 31.0 Å². The van der Waals surface area contributed by atoms with E-state index >= 15 is 0 Å². The molecule has 4 aromatic rings. The molecule has 1 aromatic carbocycles. The lowest BCUT2D eigenvalue weighted by Crippen LogP contribution is -2.26. The summed E-state index contributed by atoms with van der Waals surface area (Å²) in [5, 5.41) is 10.6. The van der Waals surface area contributed by atoms with Gasteiger partial charge in [-0.25, -0.2) is 4.98 Å². The quantitative estimate of drug-likeness (QED) is 0.343. The standard InChI is InChI=1S/C22H23N5O2S2/c1-14-18(15(2)27(25-14)12-16-7-5-4-6-8-16)11-23-19(28)13-31-22-24-20-17(9-10-30-20)21(29)26(22)3/h4-10H,11-13H2,1-3H3,(H,23,28). The second kappa shape index (κ2) is 9.07. The minimum atomic E-state index is -0.111. The molecule has 3 aromatic heterocycles. The van der Waals surface area contributed by atoms with E-state index < -0.39 is 0 Å². The molecule has 7 nitrogen and oxygen atoms in total. The Balaban J connectivity index is 1.38. The second-order valence-electron chi connectivity index (χ2n) is 7.26. The van der Waals surface area contributed by atoms with Crippen molar-refractivity contribution in [2.24, 2.45) is 7.05 Å². The Morgan fingerprint density at radius 2 is 1.97 bits per heavy atom. The van der Waals surface area contributed by atoms with E-state index in [9.17, 15) is 9.59 Å². The molecule has 3 heterocycles. The number of hydrogen-bond donors (Lipinski definition) is 1. The van der Waals surface area contributed by atoms with Crippen LogP contribution < -0.4 is 10.9 Å². The van der Waals surface area contributed by atoms with Crippen molar-refractivity contribution in [3.05, 3.63) is 74.6 Å². The van der Waals surface area contributed by atoms with E-state index in [0.29, 0.717) is 28.5 Å². The largest absolute Gasteiger partial charge is 0.351 e. The molecule has 0 saturated heterocycles. The number of thioether (sulfide) groups is 1. The Morgan fingerprint density at radius 1 is 1.19 bits per heavy atom. The van der Waals surface area contributed by atoms with Crippen molar-refractivity contribution in [3.8, 4) is 0 Å². The highest BCUT2D eigenvalue weighted by atomic mass is 32.2. The fourth-order valence-corrected chi connectivity index (χ4v) is 4.98. The third-order valence-electron chi connectivity index (χ3n) is 5.17. The number of hydrogen-bond acceptors (Lipinski definition) is 6. The highest BCUT2D eigenvalue weighted by molar-refractivity contribution is 7.99. The molecule has 0 aliphatic rings. The maximum Gasteiger partial charge on any atom is 0.262 e. The van der Waals surface area contributed by atoms with E-state index in [2.05, 4.69) is 27.5 Å². The molecule has 1 N–H and O–H groups in total. The van der Waals surface area contributed by atoms with E-state index in [1.165, 1.54) is 33.2 Å². The van der Waals surface area contributed by atoms with Gasteiger partial charge in [-0.15, -0.1) is 11.3 Å². The van der Waals surface area contributed by atoms with Crippen LogP contribution in [-0.2, 0) is 24.9 Å². The molecule has 0 aliphatic carbocycles. The van der Waals surface area contributed by atoms with Gasteiger partial charge < -0.3 is 5.32 Å². The Bertz CT molecular complexity index is 1290. The van der Waals surface area contributed by atoms with Crippen LogP contribution in [0, 0.1) is 13.8 Å². The van der Waals surface area contributed by atoms with E-state index in [-0.39, 0.29) is 17.2 Å². The first-order valence-electron chi connectivity index (χ1n) is 9.84. The Hall–Kier alpha value is -2.91. The molecular formula is C22H23N5O2S2. The molecule has 4 rings (SSSR count). The molecule has 9 heteroatoms. The van der Waals surface area contributed by atoms with Gasteiger partial charge in [0.1, 0.15) is 4.83 Å². The van der Waals surface area contributed by atoms with Crippen molar-refractivity contribution in [1.82, 2.24) is 24.6 Å². The van der Waals surface area contributed by atoms with Crippen LogP contribution in [0.25, 0.3) is 10.2 Å². The van der Waals surface area contributed by atoms with Crippen molar-refractivity contribution < 1.29 is 4.79 Å². The number of aryl methyl sites for hydroxylation is 1. The lowest BCUT2D eigenvalue weighted by molar-refractivity contribution is -0.118. The highest BCUT2D eigenvalue weighted by Gasteiger charge is 2.15. The molecule has 31 heavy (non-hydrogen) atoms. The summed E-state index contributed by atoms with van der Waals surface area (Å²) in [7, 11) is 1.68. The normalized spacial score (nSPS) is 11.2. The Morgan fingerprint density at radius 3 is 2.74 bits per heavy atom. The zero-order chi connectivity index (χ0) is 22.0. The summed E-state index contributed by atoms with van der Waals surface area (Å²) < 4.78 is 3.46. The van der Waals surface area contributed by atoms with Gasteiger partial charge in [-0.1, -0.05) is 42.1 Å². The number of nitrogens with zero attached hydrogens (tertiary/aromatic N) is 4. The van der Waals surface area contributed by atoms with Crippen LogP contribution in [0.5, 0.6) is 0 Å².